The molecule has 238 valence electrons. The first kappa shape index (κ1) is 33.1. The number of halogens is 8. The predicted molar refractivity (Wildman–Crippen MR) is 147 cm³/mol. The van der Waals surface area contributed by atoms with Crippen LogP contribution >= 0.6 is 0 Å². The van der Waals surface area contributed by atoms with Gasteiger partial charge in [-0.15, -0.1) is 0 Å². The summed E-state index contributed by atoms with van der Waals surface area (Å²) in [4.78, 5) is 33.1. The minimum Gasteiger partial charge on any atom is -0.480 e. The Morgan fingerprint density at radius 1 is 0.978 bits per heavy atom. The molecular weight excluding hydrogens is 616 g/mol. The van der Waals surface area contributed by atoms with Crippen molar-refractivity contribution >= 4 is 28.5 Å². The fraction of sp³-hybridized carbons (Fsp3) is 0.267. The van der Waals surface area contributed by atoms with E-state index in [2.05, 4.69) is 9.97 Å². The number of amides is 1. The third-order valence-corrected chi connectivity index (χ3v) is 6.89. The number of carboxylic acid groups (broad SMARTS) is 1. The van der Waals surface area contributed by atoms with Gasteiger partial charge in [-0.1, -0.05) is 25.1 Å². The van der Waals surface area contributed by atoms with Gasteiger partial charge in [0.1, 0.15) is 29.3 Å². The number of hydrogen-bond acceptors (Lipinski definition) is 5. The Hall–Kier alpha value is -4.82. The molecule has 0 radical (unpaired) electrons. The van der Waals surface area contributed by atoms with Crippen LogP contribution in [0.5, 0.6) is 0 Å². The number of aromatic nitrogens is 2. The van der Waals surface area contributed by atoms with Crippen molar-refractivity contribution in [2.75, 3.05) is 5.32 Å². The topological polar surface area (TPSA) is 104 Å². The zero-order valence-electron chi connectivity index (χ0n) is 23.4. The summed E-state index contributed by atoms with van der Waals surface area (Å²) in [7, 11) is 0. The molecule has 15 heteroatoms. The maximum atomic E-state index is 14.8. The number of fused-ring (bicyclic) bond motifs is 1. The van der Waals surface area contributed by atoms with Crippen LogP contribution in [0.1, 0.15) is 40.4 Å². The van der Waals surface area contributed by atoms with Crippen LogP contribution in [-0.4, -0.2) is 45.2 Å². The fourth-order valence-corrected chi connectivity index (χ4v) is 4.74. The Labute approximate surface area is 250 Å². The lowest BCUT2D eigenvalue weighted by molar-refractivity contribution is -0.143. The van der Waals surface area contributed by atoms with E-state index in [9.17, 15) is 49.8 Å². The van der Waals surface area contributed by atoms with Crippen molar-refractivity contribution in [2.45, 2.75) is 51.1 Å². The lowest BCUT2D eigenvalue weighted by atomic mass is 9.95. The van der Waals surface area contributed by atoms with E-state index in [4.69, 9.17) is 0 Å². The van der Waals surface area contributed by atoms with Crippen molar-refractivity contribution in [1.82, 2.24) is 15.3 Å². The van der Waals surface area contributed by atoms with Crippen molar-refractivity contribution in [2.24, 2.45) is 0 Å². The van der Waals surface area contributed by atoms with Crippen molar-refractivity contribution in [3.63, 3.8) is 0 Å². The number of aryl methyl sites for hydroxylation is 1. The number of anilines is 1. The van der Waals surface area contributed by atoms with Gasteiger partial charge < -0.3 is 15.7 Å². The second-order valence-corrected chi connectivity index (χ2v) is 10.1. The van der Waals surface area contributed by atoms with Crippen LogP contribution in [0, 0.1) is 18.6 Å². The number of carbonyl (C=O) groups is 2. The Morgan fingerprint density at radius 2 is 1.64 bits per heavy atom. The van der Waals surface area contributed by atoms with E-state index >= 15 is 0 Å². The van der Waals surface area contributed by atoms with Gasteiger partial charge in [0.2, 0.25) is 0 Å². The molecule has 3 N–H and O–H groups in total. The van der Waals surface area contributed by atoms with Crippen molar-refractivity contribution in [3.8, 4) is 11.3 Å². The number of rotatable bonds is 9. The van der Waals surface area contributed by atoms with Gasteiger partial charge in [-0.3, -0.25) is 14.8 Å². The van der Waals surface area contributed by atoms with Crippen LogP contribution in [-0.2, 0) is 17.4 Å². The van der Waals surface area contributed by atoms with E-state index < -0.39 is 83.3 Å². The highest BCUT2D eigenvalue weighted by Crippen LogP contribution is 2.39. The summed E-state index contributed by atoms with van der Waals surface area (Å²) >= 11 is 0. The van der Waals surface area contributed by atoms with Crippen LogP contribution in [0.15, 0.2) is 54.9 Å². The normalized spacial score (nSPS) is 13.4. The molecule has 0 spiro atoms. The van der Waals surface area contributed by atoms with Gasteiger partial charge in [0, 0.05) is 35.5 Å². The Balaban J connectivity index is 1.65. The summed E-state index contributed by atoms with van der Waals surface area (Å²) in [5, 5.41) is 14.0. The minimum absolute atomic E-state index is 0.00580. The van der Waals surface area contributed by atoms with Gasteiger partial charge in [-0.25, -0.2) is 13.6 Å². The number of hydrogen-bond donors (Lipinski definition) is 3. The lowest BCUT2D eigenvalue weighted by Gasteiger charge is -2.22. The largest absolute Gasteiger partial charge is 0.480 e. The summed E-state index contributed by atoms with van der Waals surface area (Å²) in [6, 6.07) is 3.51. The Morgan fingerprint density at radius 3 is 2.22 bits per heavy atom. The maximum Gasteiger partial charge on any atom is 0.418 e. The van der Waals surface area contributed by atoms with E-state index in [0.717, 1.165) is 6.07 Å². The van der Waals surface area contributed by atoms with Gasteiger partial charge in [0.15, 0.2) is 0 Å². The molecule has 1 amide bonds. The molecule has 0 saturated heterocycles. The summed E-state index contributed by atoms with van der Waals surface area (Å²) < 4.78 is 110. The first-order chi connectivity index (χ1) is 21.0. The van der Waals surface area contributed by atoms with Crippen LogP contribution in [0.2, 0.25) is 0 Å². The fourth-order valence-electron chi connectivity index (χ4n) is 4.74. The maximum absolute atomic E-state index is 14.8. The van der Waals surface area contributed by atoms with Gasteiger partial charge >= 0.3 is 18.3 Å². The van der Waals surface area contributed by atoms with Crippen molar-refractivity contribution in [1.29, 1.82) is 0 Å². The number of carbonyl (C=O) groups excluding carboxylic acids is 1. The molecule has 0 aliphatic heterocycles. The average molecular weight is 641 g/mol. The molecule has 45 heavy (non-hydrogen) atoms. The van der Waals surface area contributed by atoms with Gasteiger partial charge in [0.05, 0.1) is 16.8 Å². The molecule has 4 rings (SSSR count). The van der Waals surface area contributed by atoms with Crippen LogP contribution in [0.25, 0.3) is 22.2 Å². The van der Waals surface area contributed by atoms with Gasteiger partial charge in [-0.2, -0.15) is 26.3 Å². The molecular formula is C30H24F8N4O3. The van der Waals surface area contributed by atoms with Gasteiger partial charge in [0.25, 0.3) is 5.91 Å². The smallest absolute Gasteiger partial charge is 0.418 e. The van der Waals surface area contributed by atoms with E-state index in [1.54, 1.807) is 0 Å². The second kappa shape index (κ2) is 12.7. The number of carboxylic acids is 1. The highest BCUT2D eigenvalue weighted by Gasteiger charge is 2.39. The molecule has 0 aliphatic rings. The third kappa shape index (κ3) is 7.29. The molecule has 0 bridgehead atoms. The number of alkyl halides is 6. The number of nitrogens with one attached hydrogen (secondary N) is 2. The van der Waals surface area contributed by atoms with Gasteiger partial charge in [-0.05, 0) is 48.7 Å². The highest BCUT2D eigenvalue weighted by atomic mass is 19.4. The molecule has 0 fully saturated rings. The molecule has 2 atom stereocenters. The Kier molecular flexibility index (Phi) is 9.30. The SMILES string of the molecule is CC[C@@H](Nc1cc(F)c(C(=O)N[C@@H](Cc2ccc(-c3ncc(C)cc3C(F)(F)F)c3ncccc23)C(=O)O)c(F)c1)C(F)(F)F. The first-order valence-corrected chi connectivity index (χ1v) is 13.3. The van der Waals surface area contributed by atoms with Crippen LogP contribution in [0.4, 0.5) is 40.8 Å². The molecule has 0 unspecified atom stereocenters. The molecule has 4 aromatic rings. The summed E-state index contributed by atoms with van der Waals surface area (Å²) in [5.74, 6) is -6.19. The molecule has 2 heterocycles. The molecule has 7 nitrogen and oxygen atoms in total. The third-order valence-electron chi connectivity index (χ3n) is 6.89. The molecule has 0 aliphatic carbocycles. The minimum atomic E-state index is -4.75. The summed E-state index contributed by atoms with van der Waals surface area (Å²) in [6.07, 6.45) is -7.84. The standard InChI is InChI=1S/C30H24F8N4O3/c1-3-23(30(36,37)38)41-16-11-20(31)24(21(32)12-16)27(43)42-22(28(44)45)10-15-6-7-18(25-17(15)5-4-8-39-25)26-19(29(33,34)35)9-14(2)13-40-26/h4-9,11-13,22-23,41H,3,10H2,1-2H3,(H,42,43)(H,44,45)/t22-,23+/m0/s1. The second-order valence-electron chi connectivity index (χ2n) is 10.1. The number of benzene rings is 2. The average Bonchev–Trinajstić information content (AvgIpc) is 2.94. The number of nitrogens with zero attached hydrogens (tertiary/aromatic N) is 2. The van der Waals surface area contributed by atoms with Crippen LogP contribution in [0.3, 0.4) is 0 Å². The molecule has 2 aromatic heterocycles. The summed E-state index contributed by atoms with van der Waals surface area (Å²) in [5.41, 5.74) is -2.68. The van der Waals surface area contributed by atoms with E-state index in [0.29, 0.717) is 12.1 Å². The Bertz CT molecular complexity index is 1730. The molecule has 2 aromatic carbocycles. The van der Waals surface area contributed by atoms with Crippen molar-refractivity contribution < 1.29 is 49.8 Å². The highest BCUT2D eigenvalue weighted by molar-refractivity contribution is 5.98. The predicted octanol–water partition coefficient (Wildman–Crippen LogP) is 7.08. The number of aliphatic carboxylic acids is 1. The van der Waals surface area contributed by atoms with Crippen LogP contribution < -0.4 is 10.6 Å². The van der Waals surface area contributed by atoms with E-state index in [1.807, 2.05) is 10.6 Å². The summed E-state index contributed by atoms with van der Waals surface area (Å²) in [6.45, 7) is 2.65. The zero-order chi connectivity index (χ0) is 33.3. The quantitative estimate of drug-likeness (QED) is 0.169. The zero-order valence-corrected chi connectivity index (χ0v) is 23.4. The first-order valence-electron chi connectivity index (χ1n) is 13.3. The monoisotopic (exact) mass is 640 g/mol. The number of pyridine rings is 2. The van der Waals surface area contributed by atoms with Crippen molar-refractivity contribution in [3.05, 3.63) is 88.7 Å². The van der Waals surface area contributed by atoms with E-state index in [1.165, 1.54) is 50.5 Å². The van der Waals surface area contributed by atoms with E-state index in [-0.39, 0.29) is 27.6 Å². The molecule has 0 saturated carbocycles. The lowest BCUT2D eigenvalue weighted by Crippen LogP contribution is -2.43.